The second kappa shape index (κ2) is 20.0. The molecule has 3 aromatic rings. The first kappa shape index (κ1) is 47.9. The van der Waals surface area contributed by atoms with Crippen molar-refractivity contribution in [2.75, 3.05) is 26.4 Å². The van der Waals surface area contributed by atoms with Crippen molar-refractivity contribution >= 4 is 171 Å². The number of benzene rings is 3. The van der Waals surface area contributed by atoms with Crippen LogP contribution in [-0.4, -0.2) is 64.3 Å². The Labute approximate surface area is 384 Å². The van der Waals surface area contributed by atoms with Gasteiger partial charge in [-0.05, 0) is 140 Å². The predicted molar refractivity (Wildman–Crippen MR) is 223 cm³/mol. The highest BCUT2D eigenvalue weighted by molar-refractivity contribution is 9.15. The number of carbonyl (C=O) groups is 2. The molecular formula is C30H12Br8N4O12S2. The molecular weight excluding hydrogens is 1310 g/mol. The second-order valence-corrected chi connectivity index (χ2v) is 18.9. The normalized spacial score (nSPS) is 12.2. The van der Waals surface area contributed by atoms with Crippen molar-refractivity contribution in [2.24, 2.45) is 0 Å². The minimum Gasteiger partial charge on any atom is -0.491 e. The van der Waals surface area contributed by atoms with Gasteiger partial charge in [-0.25, -0.2) is 29.8 Å². The number of hydrogen-bond donors (Lipinski definition) is 2. The lowest BCUT2D eigenvalue weighted by atomic mass is 10.1. The highest BCUT2D eigenvalue weighted by atomic mass is 79.9. The molecule has 3 aromatic carbocycles. The Balaban J connectivity index is 1.95. The Morgan fingerprint density at radius 3 is 1.16 bits per heavy atom. The van der Waals surface area contributed by atoms with Crippen LogP contribution in [0.1, 0.15) is 20.7 Å². The number of halogens is 8. The summed E-state index contributed by atoms with van der Waals surface area (Å²) in [6.07, 6.45) is 0. The fourth-order valence-electron chi connectivity index (χ4n) is 4.25. The molecule has 0 aromatic heterocycles. The van der Waals surface area contributed by atoms with Gasteiger partial charge < -0.3 is 18.9 Å². The molecule has 292 valence electrons. The van der Waals surface area contributed by atoms with Gasteiger partial charge in [0, 0.05) is 37.3 Å². The van der Waals surface area contributed by atoms with Crippen molar-refractivity contribution in [2.45, 2.75) is 9.79 Å². The molecule has 0 fully saturated rings. The molecule has 0 aliphatic heterocycles. The molecule has 0 heterocycles. The van der Waals surface area contributed by atoms with E-state index in [9.17, 15) is 46.1 Å². The zero-order valence-corrected chi connectivity index (χ0v) is 40.9. The lowest BCUT2D eigenvalue weighted by Gasteiger charge is -2.16. The molecule has 0 amide bonds. The van der Waals surface area contributed by atoms with Crippen LogP contribution in [-0.2, 0) is 29.7 Å². The van der Waals surface area contributed by atoms with E-state index in [1.165, 1.54) is 0 Å². The maximum Gasteiger partial charge on any atom is 0.340 e. The van der Waals surface area contributed by atoms with Crippen molar-refractivity contribution in [3.05, 3.63) is 92.3 Å². The van der Waals surface area contributed by atoms with Crippen molar-refractivity contribution in [1.82, 2.24) is 0 Å². The molecule has 16 nitrogen and oxygen atoms in total. The molecule has 0 bridgehead atoms. The van der Waals surface area contributed by atoms with E-state index in [2.05, 4.69) is 137 Å². The maximum atomic E-state index is 13.1. The first-order chi connectivity index (χ1) is 26.1. The largest absolute Gasteiger partial charge is 0.491 e. The SMILES string of the molecule is [C-]#[N+]/C(C#N)=c1/cc(OCCOC(=O)c2c(Br)c(Br)c(Br)c(Br)c2S(=O)(=O)O)/c(=C(\C#N)[N+]#[C-])cc1OCCOC(=O)c1c(Br)c(Br)c(Br)c(Br)c1S(=O)(=O)O. The van der Waals surface area contributed by atoms with Crippen molar-refractivity contribution in [3.8, 4) is 23.6 Å². The van der Waals surface area contributed by atoms with Crippen LogP contribution in [0.2, 0.25) is 0 Å². The highest BCUT2D eigenvalue weighted by Crippen LogP contribution is 2.45. The molecule has 56 heavy (non-hydrogen) atoms. The summed E-state index contributed by atoms with van der Waals surface area (Å²) in [6.45, 7) is 12.8. The van der Waals surface area contributed by atoms with E-state index in [0.717, 1.165) is 12.1 Å². The van der Waals surface area contributed by atoms with Gasteiger partial charge in [-0.3, -0.25) is 9.11 Å². The molecule has 0 aliphatic carbocycles. The summed E-state index contributed by atoms with van der Waals surface area (Å²) in [5, 5.41) is 18.9. The number of carbonyl (C=O) groups excluding carboxylic acids is 2. The number of nitriles is 2. The van der Waals surface area contributed by atoms with Crippen molar-refractivity contribution in [3.63, 3.8) is 0 Å². The standard InChI is InChI=1S/C30H12Br8N4O12S2/c1-41-13(9-39)11-7-16(52-4-6-54-30(44)18-20(32)22(34)24(36)26(38)28(18)56(48,49)50)12(14(10-40)42-2)8-15(11)51-3-5-53-29(43)17-19(31)21(33)23(35)25(37)27(17)55(45,46)47/h7-8H,3-6H2,(H,45,46,47)(H,48,49,50)/b13-11-,14-12+. The summed E-state index contributed by atoms with van der Waals surface area (Å²) in [5.74, 6) is -2.93. The van der Waals surface area contributed by atoms with Gasteiger partial charge in [-0.1, -0.05) is 0 Å². The summed E-state index contributed by atoms with van der Waals surface area (Å²) in [6, 6.07) is 5.55. The van der Waals surface area contributed by atoms with E-state index in [0.29, 0.717) is 0 Å². The summed E-state index contributed by atoms with van der Waals surface area (Å²) in [7, 11) is -9.95. The first-order valence-electron chi connectivity index (χ1n) is 13.8. The molecule has 0 aliphatic rings. The van der Waals surface area contributed by atoms with Crippen LogP contribution in [0.25, 0.3) is 21.1 Å². The first-order valence-corrected chi connectivity index (χ1v) is 23.1. The third kappa shape index (κ3) is 10.6. The topological polar surface area (TPSA) is 236 Å². The van der Waals surface area contributed by atoms with Gasteiger partial charge in [0.05, 0.1) is 45.4 Å². The summed E-state index contributed by atoms with van der Waals surface area (Å²) >= 11 is 24.9. The van der Waals surface area contributed by atoms with E-state index in [-0.39, 0.29) is 57.7 Å². The molecule has 0 spiro atoms. The molecule has 2 N–H and O–H groups in total. The molecule has 0 unspecified atom stereocenters. The van der Waals surface area contributed by atoms with Gasteiger partial charge >= 0.3 is 11.9 Å². The third-order valence-corrected chi connectivity index (χ3v) is 18.5. The average Bonchev–Trinajstić information content (AvgIpc) is 3.13. The summed E-state index contributed by atoms with van der Waals surface area (Å²) in [5.41, 5.74) is -2.23. The molecule has 0 saturated heterocycles. The molecule has 0 atom stereocenters. The number of rotatable bonds is 12. The van der Waals surface area contributed by atoms with Crippen molar-refractivity contribution in [1.29, 1.82) is 10.5 Å². The monoisotopic (exact) mass is 1320 g/mol. The van der Waals surface area contributed by atoms with E-state index >= 15 is 0 Å². The molecule has 0 radical (unpaired) electrons. The van der Waals surface area contributed by atoms with E-state index in [1.54, 1.807) is 12.1 Å². The van der Waals surface area contributed by atoms with Crippen LogP contribution < -0.4 is 19.9 Å². The van der Waals surface area contributed by atoms with Crippen molar-refractivity contribution < 1.29 is 54.5 Å². The van der Waals surface area contributed by atoms with Gasteiger partial charge in [0.1, 0.15) is 47.7 Å². The van der Waals surface area contributed by atoms with Crippen LogP contribution >= 0.6 is 127 Å². The average molecular weight is 1320 g/mol. The van der Waals surface area contributed by atoms with E-state index in [4.69, 9.17) is 32.1 Å². The van der Waals surface area contributed by atoms with Crippen LogP contribution in [0.4, 0.5) is 0 Å². The molecule has 0 saturated carbocycles. The number of hydrogen-bond acceptors (Lipinski definition) is 12. The van der Waals surface area contributed by atoms with Gasteiger partial charge in [0.2, 0.25) is 0 Å². The van der Waals surface area contributed by atoms with Gasteiger partial charge in [-0.15, -0.1) is 0 Å². The van der Waals surface area contributed by atoms with Crippen LogP contribution in [0.5, 0.6) is 11.5 Å². The van der Waals surface area contributed by atoms with Crippen LogP contribution in [0, 0.1) is 35.8 Å². The molecule has 26 heteroatoms. The van der Waals surface area contributed by atoms with Crippen LogP contribution in [0.3, 0.4) is 0 Å². The Morgan fingerprint density at radius 1 is 0.589 bits per heavy atom. The van der Waals surface area contributed by atoms with E-state index in [1.807, 2.05) is 0 Å². The fraction of sp³-hybridized carbons (Fsp3) is 0.133. The fourth-order valence-corrected chi connectivity index (χ4v) is 12.1. The zero-order chi connectivity index (χ0) is 42.4. The van der Waals surface area contributed by atoms with Gasteiger partial charge in [0.15, 0.2) is 0 Å². The van der Waals surface area contributed by atoms with Gasteiger partial charge in [-0.2, -0.15) is 16.8 Å². The Hall–Kier alpha value is -2.44. The maximum absolute atomic E-state index is 13.1. The quantitative estimate of drug-likeness (QED) is 0.0439. The van der Waals surface area contributed by atoms with E-state index < -0.39 is 90.9 Å². The Morgan fingerprint density at radius 2 is 0.893 bits per heavy atom. The Bertz CT molecular complexity index is 2520. The zero-order valence-electron chi connectivity index (χ0n) is 26.6. The summed E-state index contributed by atoms with van der Waals surface area (Å²) < 4.78 is 90.2. The number of ether oxygens (including phenoxy) is 4. The second-order valence-electron chi connectivity index (χ2n) is 9.83. The number of nitrogens with zero attached hydrogens (tertiary/aromatic N) is 4. The smallest absolute Gasteiger partial charge is 0.340 e. The van der Waals surface area contributed by atoms with Crippen LogP contribution in [0.15, 0.2) is 57.7 Å². The number of esters is 2. The third-order valence-electron chi connectivity index (χ3n) is 6.55. The predicted octanol–water partition coefficient (Wildman–Crippen LogP) is 7.85. The lowest BCUT2D eigenvalue weighted by molar-refractivity contribution is 0.0434. The molecule has 3 rings (SSSR count). The minimum absolute atomic E-state index is 0.0855. The van der Waals surface area contributed by atoms with Gasteiger partial charge in [0.25, 0.3) is 31.6 Å². The minimum atomic E-state index is -4.98. The highest BCUT2D eigenvalue weighted by Gasteiger charge is 2.33. The lowest BCUT2D eigenvalue weighted by Crippen LogP contribution is -2.23. The summed E-state index contributed by atoms with van der Waals surface area (Å²) in [4.78, 5) is 30.8. The Kier molecular flexibility index (Phi) is 17.1.